The minimum Gasteiger partial charge on any atom is -0.364 e. The Morgan fingerprint density at radius 1 is 1.75 bits per heavy atom. The maximum Gasteiger partial charge on any atom is 0.124 e. The molecule has 0 spiro atoms. The molecule has 0 saturated carbocycles. The first-order valence-electron chi connectivity index (χ1n) is 4.22. The number of hydrogen-bond acceptors (Lipinski definition) is 4. The van der Waals surface area contributed by atoms with Gasteiger partial charge >= 0.3 is 0 Å². The summed E-state index contributed by atoms with van der Waals surface area (Å²) >= 11 is 0. The maximum absolute atomic E-state index is 5.77. The Labute approximate surface area is 71.3 Å². The molecule has 1 aromatic rings. The van der Waals surface area contributed by atoms with Gasteiger partial charge in [0.05, 0.1) is 5.69 Å². The van der Waals surface area contributed by atoms with Crippen molar-refractivity contribution in [1.82, 2.24) is 10.1 Å². The molecule has 12 heavy (non-hydrogen) atoms. The van der Waals surface area contributed by atoms with E-state index in [1.165, 1.54) is 0 Å². The largest absolute Gasteiger partial charge is 0.364 e. The molecular weight excluding hydrogens is 154 g/mol. The molecule has 1 aliphatic rings. The van der Waals surface area contributed by atoms with Crippen molar-refractivity contribution in [2.75, 3.05) is 13.1 Å². The molecule has 2 N–H and O–H groups in total. The first kappa shape index (κ1) is 7.76. The zero-order chi connectivity index (χ0) is 8.39. The van der Waals surface area contributed by atoms with Gasteiger partial charge in [-0.3, -0.25) is 4.90 Å². The van der Waals surface area contributed by atoms with Crippen LogP contribution >= 0.6 is 0 Å². The van der Waals surface area contributed by atoms with Crippen LogP contribution in [0.5, 0.6) is 0 Å². The summed E-state index contributed by atoms with van der Waals surface area (Å²) in [6.07, 6.45) is 2.70. The van der Waals surface area contributed by atoms with E-state index in [9.17, 15) is 0 Å². The monoisotopic (exact) mass is 167 g/mol. The summed E-state index contributed by atoms with van der Waals surface area (Å²) in [5.74, 6) is 0. The maximum atomic E-state index is 5.77. The van der Waals surface area contributed by atoms with E-state index in [2.05, 4.69) is 10.1 Å². The highest BCUT2D eigenvalue weighted by atomic mass is 16.5. The Balaban J connectivity index is 1.88. The van der Waals surface area contributed by atoms with Gasteiger partial charge in [-0.2, -0.15) is 0 Å². The van der Waals surface area contributed by atoms with Crippen molar-refractivity contribution in [1.29, 1.82) is 0 Å². The van der Waals surface area contributed by atoms with E-state index in [4.69, 9.17) is 10.3 Å². The number of hydrogen-bond donors (Lipinski definition) is 1. The van der Waals surface area contributed by atoms with Crippen molar-refractivity contribution < 1.29 is 4.52 Å². The highest BCUT2D eigenvalue weighted by Gasteiger charge is 2.19. The number of nitrogens with two attached hydrogens (primary N) is 1. The molecule has 1 atom stereocenters. The molecule has 0 aliphatic carbocycles. The van der Waals surface area contributed by atoms with Crippen LogP contribution in [0.4, 0.5) is 0 Å². The van der Waals surface area contributed by atoms with Crippen LogP contribution in [-0.4, -0.2) is 29.2 Å². The fraction of sp³-hybridized carbons (Fsp3) is 0.625. The van der Waals surface area contributed by atoms with Crippen LogP contribution in [-0.2, 0) is 6.54 Å². The lowest BCUT2D eigenvalue weighted by Gasteiger charge is -2.11. The lowest BCUT2D eigenvalue weighted by Crippen LogP contribution is -2.26. The van der Waals surface area contributed by atoms with Crippen molar-refractivity contribution in [3.63, 3.8) is 0 Å². The quantitative estimate of drug-likeness (QED) is 0.684. The first-order chi connectivity index (χ1) is 5.84. The van der Waals surface area contributed by atoms with Crippen molar-refractivity contribution in [2.45, 2.75) is 19.0 Å². The summed E-state index contributed by atoms with van der Waals surface area (Å²) in [5.41, 5.74) is 6.76. The number of aromatic nitrogens is 1. The van der Waals surface area contributed by atoms with Crippen LogP contribution in [0.25, 0.3) is 0 Å². The Morgan fingerprint density at radius 3 is 3.25 bits per heavy atom. The van der Waals surface area contributed by atoms with Gasteiger partial charge in [0, 0.05) is 31.7 Å². The van der Waals surface area contributed by atoms with Gasteiger partial charge in [0.25, 0.3) is 0 Å². The molecule has 0 bridgehead atoms. The Kier molecular flexibility index (Phi) is 2.10. The third kappa shape index (κ3) is 1.65. The molecule has 1 aliphatic heterocycles. The topological polar surface area (TPSA) is 55.3 Å². The summed E-state index contributed by atoms with van der Waals surface area (Å²) in [6, 6.07) is 2.24. The van der Waals surface area contributed by atoms with Crippen LogP contribution in [0.3, 0.4) is 0 Å². The fourth-order valence-electron chi connectivity index (χ4n) is 1.55. The minimum atomic E-state index is 0.344. The molecular formula is C8H13N3O. The van der Waals surface area contributed by atoms with Crippen LogP contribution < -0.4 is 5.73 Å². The molecule has 2 heterocycles. The highest BCUT2D eigenvalue weighted by molar-refractivity contribution is 4.96. The predicted octanol–water partition coefficient (Wildman–Crippen LogP) is 0.208. The molecule has 1 aromatic heterocycles. The van der Waals surface area contributed by atoms with E-state index in [0.29, 0.717) is 6.04 Å². The van der Waals surface area contributed by atoms with Crippen molar-refractivity contribution in [3.05, 3.63) is 18.0 Å². The van der Waals surface area contributed by atoms with Gasteiger partial charge < -0.3 is 10.3 Å². The third-order valence-electron chi connectivity index (χ3n) is 2.19. The summed E-state index contributed by atoms with van der Waals surface area (Å²) in [4.78, 5) is 2.29. The van der Waals surface area contributed by atoms with Crippen LogP contribution in [0.2, 0.25) is 0 Å². The van der Waals surface area contributed by atoms with Crippen LogP contribution in [0, 0.1) is 0 Å². The Hall–Kier alpha value is -0.870. The third-order valence-corrected chi connectivity index (χ3v) is 2.19. The Bertz CT molecular complexity index is 234. The van der Waals surface area contributed by atoms with Gasteiger partial charge in [0.1, 0.15) is 6.26 Å². The van der Waals surface area contributed by atoms with E-state index < -0.39 is 0 Å². The number of likely N-dealkylation sites (tertiary alicyclic amines) is 1. The van der Waals surface area contributed by atoms with Crippen molar-refractivity contribution >= 4 is 0 Å². The lowest BCUT2D eigenvalue weighted by atomic mass is 10.3. The van der Waals surface area contributed by atoms with Gasteiger partial charge in [-0.25, -0.2) is 0 Å². The molecule has 1 unspecified atom stereocenters. The van der Waals surface area contributed by atoms with Crippen LogP contribution in [0.15, 0.2) is 16.9 Å². The second-order valence-electron chi connectivity index (χ2n) is 3.27. The van der Waals surface area contributed by atoms with Crippen LogP contribution in [0.1, 0.15) is 12.1 Å². The van der Waals surface area contributed by atoms with E-state index >= 15 is 0 Å². The average Bonchev–Trinajstić information content (AvgIpc) is 2.63. The molecule has 4 heteroatoms. The summed E-state index contributed by atoms with van der Waals surface area (Å²) in [6.45, 7) is 2.92. The Morgan fingerprint density at radius 2 is 2.67 bits per heavy atom. The second-order valence-corrected chi connectivity index (χ2v) is 3.27. The van der Waals surface area contributed by atoms with E-state index in [1.807, 2.05) is 6.07 Å². The van der Waals surface area contributed by atoms with Gasteiger partial charge in [-0.15, -0.1) is 0 Å². The molecule has 1 fully saturated rings. The number of rotatable bonds is 2. The zero-order valence-electron chi connectivity index (χ0n) is 6.94. The first-order valence-corrected chi connectivity index (χ1v) is 4.22. The summed E-state index contributed by atoms with van der Waals surface area (Å²) in [5, 5.41) is 3.85. The van der Waals surface area contributed by atoms with Crippen molar-refractivity contribution in [3.8, 4) is 0 Å². The van der Waals surface area contributed by atoms with Crippen molar-refractivity contribution in [2.24, 2.45) is 5.73 Å². The average molecular weight is 167 g/mol. The van der Waals surface area contributed by atoms with Gasteiger partial charge in [-0.1, -0.05) is 5.16 Å². The van der Waals surface area contributed by atoms with E-state index in [-0.39, 0.29) is 0 Å². The smallest absolute Gasteiger partial charge is 0.124 e. The molecule has 66 valence electrons. The van der Waals surface area contributed by atoms with E-state index in [1.54, 1.807) is 6.26 Å². The van der Waals surface area contributed by atoms with Gasteiger partial charge in [-0.05, 0) is 6.42 Å². The number of nitrogens with zero attached hydrogens (tertiary/aromatic N) is 2. The lowest BCUT2D eigenvalue weighted by molar-refractivity contribution is 0.310. The molecule has 4 nitrogen and oxygen atoms in total. The fourth-order valence-corrected chi connectivity index (χ4v) is 1.55. The van der Waals surface area contributed by atoms with E-state index in [0.717, 1.165) is 31.7 Å². The molecule has 0 radical (unpaired) electrons. The normalized spacial score (nSPS) is 24.9. The molecule has 0 aromatic carbocycles. The molecule has 1 saturated heterocycles. The zero-order valence-corrected chi connectivity index (χ0v) is 6.94. The SMILES string of the molecule is NC1CCN(Cc2ccon2)C1. The molecule has 0 amide bonds. The minimum absolute atomic E-state index is 0.344. The summed E-state index contributed by atoms with van der Waals surface area (Å²) in [7, 11) is 0. The molecule has 2 rings (SSSR count). The highest BCUT2D eigenvalue weighted by Crippen LogP contribution is 2.10. The summed E-state index contributed by atoms with van der Waals surface area (Å²) < 4.78 is 4.74. The van der Waals surface area contributed by atoms with Gasteiger partial charge in [0.2, 0.25) is 0 Å². The predicted molar refractivity (Wildman–Crippen MR) is 44.4 cm³/mol. The van der Waals surface area contributed by atoms with Gasteiger partial charge in [0.15, 0.2) is 0 Å². The standard InChI is InChI=1S/C8H13N3O/c9-7-1-3-11(5-7)6-8-2-4-12-10-8/h2,4,7H,1,3,5-6,9H2. The second kappa shape index (κ2) is 3.25.